The van der Waals surface area contributed by atoms with Gasteiger partial charge < -0.3 is 10.8 Å². The number of nitrogens with two attached hydrogens (primary N) is 1. The molecule has 1 fully saturated rings. The topological polar surface area (TPSA) is 92.4 Å². The number of aliphatic hydroxyl groups is 1. The molecule has 94 valence electrons. The van der Waals surface area contributed by atoms with Crippen molar-refractivity contribution in [1.82, 2.24) is 4.72 Å². The lowest BCUT2D eigenvalue weighted by molar-refractivity contribution is 0.246. The van der Waals surface area contributed by atoms with Crippen LogP contribution in [0.15, 0.2) is 27.6 Å². The van der Waals surface area contributed by atoms with Crippen molar-refractivity contribution in [1.29, 1.82) is 0 Å². The number of benzene rings is 1. The van der Waals surface area contributed by atoms with Gasteiger partial charge in [-0.1, -0.05) is 0 Å². The lowest BCUT2D eigenvalue weighted by atomic mass is 10.3. The number of aliphatic hydroxyl groups excluding tert-OH is 1. The Kier molecular flexibility index (Phi) is 3.19. The van der Waals surface area contributed by atoms with Gasteiger partial charge in [0.1, 0.15) is 0 Å². The molecule has 0 spiro atoms. The van der Waals surface area contributed by atoms with Crippen molar-refractivity contribution >= 4 is 31.6 Å². The molecule has 17 heavy (non-hydrogen) atoms. The molecule has 1 saturated carbocycles. The minimum atomic E-state index is -3.63. The summed E-state index contributed by atoms with van der Waals surface area (Å²) in [7, 11) is -3.63. The molecule has 0 saturated heterocycles. The first-order valence-electron chi connectivity index (χ1n) is 5.08. The standard InChI is InChI=1S/C10H13BrN2O3S/c11-8-5-7(12)1-2-9(8)17(15,16)13-10(6-14)3-4-10/h1-2,5,13-14H,3-4,6,12H2. The van der Waals surface area contributed by atoms with Crippen LogP contribution >= 0.6 is 15.9 Å². The molecule has 0 radical (unpaired) electrons. The lowest BCUT2D eigenvalue weighted by Crippen LogP contribution is -2.39. The van der Waals surface area contributed by atoms with Crippen LogP contribution in [-0.4, -0.2) is 25.7 Å². The van der Waals surface area contributed by atoms with Crippen LogP contribution in [0.5, 0.6) is 0 Å². The van der Waals surface area contributed by atoms with Crippen molar-refractivity contribution in [2.45, 2.75) is 23.3 Å². The Labute approximate surface area is 108 Å². The van der Waals surface area contributed by atoms with Gasteiger partial charge in [0.05, 0.1) is 17.0 Å². The first-order chi connectivity index (χ1) is 7.88. The third-order valence-corrected chi connectivity index (χ3v) is 5.31. The third kappa shape index (κ3) is 2.62. The highest BCUT2D eigenvalue weighted by atomic mass is 79.9. The zero-order chi connectivity index (χ0) is 12.7. The number of anilines is 1. The van der Waals surface area contributed by atoms with Gasteiger partial charge in [-0.05, 0) is 47.0 Å². The van der Waals surface area contributed by atoms with Crippen LogP contribution in [0.1, 0.15) is 12.8 Å². The van der Waals surface area contributed by atoms with Gasteiger partial charge in [0.25, 0.3) is 0 Å². The molecule has 0 atom stereocenters. The first-order valence-corrected chi connectivity index (χ1v) is 7.36. The molecule has 1 aliphatic carbocycles. The summed E-state index contributed by atoms with van der Waals surface area (Å²) in [6, 6.07) is 4.50. The molecule has 1 aromatic carbocycles. The van der Waals surface area contributed by atoms with E-state index in [4.69, 9.17) is 10.8 Å². The summed E-state index contributed by atoms with van der Waals surface area (Å²) in [5, 5.41) is 9.12. The van der Waals surface area contributed by atoms with Gasteiger partial charge in [-0.15, -0.1) is 0 Å². The SMILES string of the molecule is Nc1ccc(S(=O)(=O)NC2(CO)CC2)c(Br)c1. The zero-order valence-electron chi connectivity index (χ0n) is 8.98. The van der Waals surface area contributed by atoms with E-state index in [0.717, 1.165) is 0 Å². The zero-order valence-corrected chi connectivity index (χ0v) is 11.4. The van der Waals surface area contributed by atoms with Crippen molar-refractivity contribution in [3.8, 4) is 0 Å². The highest BCUT2D eigenvalue weighted by Gasteiger charge is 2.45. The molecule has 5 nitrogen and oxygen atoms in total. The largest absolute Gasteiger partial charge is 0.399 e. The summed E-state index contributed by atoms with van der Waals surface area (Å²) in [4.78, 5) is 0.131. The van der Waals surface area contributed by atoms with Crippen LogP contribution in [-0.2, 0) is 10.0 Å². The van der Waals surface area contributed by atoms with E-state index < -0.39 is 15.6 Å². The van der Waals surface area contributed by atoms with Crippen LogP contribution in [0, 0.1) is 0 Å². The number of nitrogens with one attached hydrogen (secondary N) is 1. The molecule has 0 bridgehead atoms. The van der Waals surface area contributed by atoms with E-state index in [1.807, 2.05) is 0 Å². The Hall–Kier alpha value is -0.630. The molecule has 0 aliphatic heterocycles. The maximum Gasteiger partial charge on any atom is 0.242 e. The maximum atomic E-state index is 12.1. The second-order valence-electron chi connectivity index (χ2n) is 4.23. The first kappa shape index (κ1) is 12.8. The smallest absolute Gasteiger partial charge is 0.242 e. The minimum absolute atomic E-state index is 0.131. The van der Waals surface area contributed by atoms with Gasteiger partial charge in [0, 0.05) is 10.2 Å². The lowest BCUT2D eigenvalue weighted by Gasteiger charge is -2.15. The third-order valence-electron chi connectivity index (χ3n) is 2.75. The van der Waals surface area contributed by atoms with E-state index in [2.05, 4.69) is 20.7 Å². The van der Waals surface area contributed by atoms with Crippen LogP contribution in [0.25, 0.3) is 0 Å². The molecule has 1 aromatic rings. The van der Waals surface area contributed by atoms with Gasteiger partial charge in [-0.3, -0.25) is 0 Å². The molecule has 0 amide bonds. The number of rotatable bonds is 4. The van der Waals surface area contributed by atoms with Crippen LogP contribution in [0.2, 0.25) is 0 Å². The normalized spacial score (nSPS) is 18.0. The molecule has 7 heteroatoms. The van der Waals surface area contributed by atoms with Crippen LogP contribution in [0.3, 0.4) is 0 Å². The molecule has 0 aromatic heterocycles. The average Bonchev–Trinajstić information content (AvgIpc) is 2.97. The summed E-state index contributed by atoms with van der Waals surface area (Å²) in [6.45, 7) is -0.182. The molecule has 2 rings (SSSR count). The Balaban J connectivity index is 2.32. The quantitative estimate of drug-likeness (QED) is 0.717. The number of hydrogen-bond acceptors (Lipinski definition) is 4. The summed E-state index contributed by atoms with van der Waals surface area (Å²) in [5.74, 6) is 0. The highest BCUT2D eigenvalue weighted by Crippen LogP contribution is 2.37. The maximum absolute atomic E-state index is 12.1. The Morgan fingerprint density at radius 1 is 1.47 bits per heavy atom. The van der Waals surface area contributed by atoms with Crippen molar-refractivity contribution in [2.75, 3.05) is 12.3 Å². The van der Waals surface area contributed by atoms with E-state index >= 15 is 0 Å². The molecular formula is C10H13BrN2O3S. The number of sulfonamides is 1. The molecule has 4 N–H and O–H groups in total. The van der Waals surface area contributed by atoms with E-state index in [1.165, 1.54) is 18.2 Å². The van der Waals surface area contributed by atoms with Gasteiger partial charge in [-0.25, -0.2) is 13.1 Å². The van der Waals surface area contributed by atoms with E-state index in [-0.39, 0.29) is 11.5 Å². The number of hydrogen-bond donors (Lipinski definition) is 3. The van der Waals surface area contributed by atoms with Crippen molar-refractivity contribution in [3.05, 3.63) is 22.7 Å². The predicted molar refractivity (Wildman–Crippen MR) is 67.9 cm³/mol. The Morgan fingerprint density at radius 3 is 2.59 bits per heavy atom. The Bertz CT molecular complexity index is 540. The number of halogens is 1. The average molecular weight is 321 g/mol. The minimum Gasteiger partial charge on any atom is -0.399 e. The fourth-order valence-corrected chi connectivity index (χ4v) is 4.07. The van der Waals surface area contributed by atoms with Gasteiger partial charge in [0.2, 0.25) is 10.0 Å². The highest BCUT2D eigenvalue weighted by molar-refractivity contribution is 9.10. The second-order valence-corrected chi connectivity index (χ2v) is 6.74. The summed E-state index contributed by atoms with van der Waals surface area (Å²) in [6.07, 6.45) is 1.32. The van der Waals surface area contributed by atoms with Gasteiger partial charge in [0.15, 0.2) is 0 Å². The summed E-state index contributed by atoms with van der Waals surface area (Å²) >= 11 is 3.17. The molecular weight excluding hydrogens is 308 g/mol. The van der Waals surface area contributed by atoms with E-state index in [9.17, 15) is 8.42 Å². The fraction of sp³-hybridized carbons (Fsp3) is 0.400. The monoisotopic (exact) mass is 320 g/mol. The van der Waals surface area contributed by atoms with Gasteiger partial charge in [-0.2, -0.15) is 0 Å². The van der Waals surface area contributed by atoms with Crippen molar-refractivity contribution in [2.24, 2.45) is 0 Å². The van der Waals surface area contributed by atoms with Gasteiger partial charge >= 0.3 is 0 Å². The van der Waals surface area contributed by atoms with E-state index in [0.29, 0.717) is 23.0 Å². The van der Waals surface area contributed by atoms with Crippen molar-refractivity contribution < 1.29 is 13.5 Å². The Morgan fingerprint density at radius 2 is 2.12 bits per heavy atom. The molecule has 0 unspecified atom stereocenters. The number of nitrogen functional groups attached to an aromatic ring is 1. The predicted octanol–water partition coefficient (Wildman–Crippen LogP) is 0.834. The van der Waals surface area contributed by atoms with Crippen LogP contribution in [0.4, 0.5) is 5.69 Å². The summed E-state index contributed by atoms with van der Waals surface area (Å²) in [5.41, 5.74) is 5.37. The fourth-order valence-electron chi connectivity index (χ4n) is 1.52. The van der Waals surface area contributed by atoms with E-state index in [1.54, 1.807) is 0 Å². The second kappa shape index (κ2) is 4.24. The summed E-state index contributed by atoms with van der Waals surface area (Å²) < 4.78 is 27.1. The molecule has 1 aliphatic rings. The van der Waals surface area contributed by atoms with Crippen molar-refractivity contribution in [3.63, 3.8) is 0 Å². The molecule has 0 heterocycles. The van der Waals surface area contributed by atoms with Crippen LogP contribution < -0.4 is 10.5 Å².